The summed E-state index contributed by atoms with van der Waals surface area (Å²) in [5.74, 6) is 1.45. The maximum Gasteiger partial charge on any atom is 0.253 e. The molecule has 0 amide bonds. The molecule has 7 nitrogen and oxygen atoms in total. The molecule has 0 saturated heterocycles. The molecule has 0 bridgehead atoms. The van der Waals surface area contributed by atoms with Gasteiger partial charge in [0.2, 0.25) is 5.89 Å². The van der Waals surface area contributed by atoms with E-state index in [0.717, 1.165) is 5.56 Å². The maximum atomic E-state index is 9.13. The molecule has 2 heterocycles. The lowest BCUT2D eigenvalue weighted by atomic mass is 10.1. The van der Waals surface area contributed by atoms with Crippen LogP contribution in [0.1, 0.15) is 11.7 Å². The fraction of sp³-hybridized carbons (Fsp3) is 0.278. The molecule has 0 aliphatic rings. The van der Waals surface area contributed by atoms with Crippen LogP contribution >= 0.6 is 0 Å². The third-order valence-corrected chi connectivity index (χ3v) is 3.75. The van der Waals surface area contributed by atoms with Gasteiger partial charge in [0.1, 0.15) is 17.0 Å². The molecule has 0 radical (unpaired) electrons. The van der Waals surface area contributed by atoms with Gasteiger partial charge >= 0.3 is 0 Å². The first-order valence-electron chi connectivity index (χ1n) is 8.01. The second kappa shape index (κ2) is 7.87. The Morgan fingerprint density at radius 2 is 2.04 bits per heavy atom. The predicted molar refractivity (Wildman–Crippen MR) is 92.5 cm³/mol. The fourth-order valence-electron chi connectivity index (χ4n) is 2.59. The molecule has 2 aromatic heterocycles. The van der Waals surface area contributed by atoms with E-state index in [1.54, 1.807) is 6.08 Å². The van der Waals surface area contributed by atoms with Crippen LogP contribution in [0.3, 0.4) is 0 Å². The maximum absolute atomic E-state index is 9.13. The van der Waals surface area contributed by atoms with Crippen molar-refractivity contribution in [3.05, 3.63) is 54.6 Å². The van der Waals surface area contributed by atoms with Crippen LogP contribution in [0.5, 0.6) is 0 Å². The summed E-state index contributed by atoms with van der Waals surface area (Å²) in [5, 5.41) is 21.5. The molecule has 130 valence electrons. The van der Waals surface area contributed by atoms with Gasteiger partial charge in [0.15, 0.2) is 0 Å². The molecule has 0 aliphatic heterocycles. The van der Waals surface area contributed by atoms with Crippen LogP contribution in [0, 0.1) is 6.92 Å². The Morgan fingerprint density at radius 1 is 1.24 bits per heavy atom. The Labute approximate surface area is 145 Å². The van der Waals surface area contributed by atoms with E-state index in [0.29, 0.717) is 48.4 Å². The summed E-state index contributed by atoms with van der Waals surface area (Å²) >= 11 is 0. The number of rotatable bonds is 8. The Kier molecular flexibility index (Phi) is 5.37. The van der Waals surface area contributed by atoms with Crippen molar-refractivity contribution in [2.75, 3.05) is 19.7 Å². The van der Waals surface area contributed by atoms with Crippen molar-refractivity contribution in [1.29, 1.82) is 0 Å². The van der Waals surface area contributed by atoms with Crippen molar-refractivity contribution in [3.8, 4) is 22.7 Å². The van der Waals surface area contributed by atoms with Gasteiger partial charge in [-0.05, 0) is 6.92 Å². The number of benzene rings is 1. The lowest BCUT2D eigenvalue weighted by Gasteiger charge is -2.16. The Morgan fingerprint density at radius 3 is 2.76 bits per heavy atom. The second-order valence-corrected chi connectivity index (χ2v) is 5.58. The van der Waals surface area contributed by atoms with E-state index >= 15 is 0 Å². The molecule has 3 aromatic rings. The smallest absolute Gasteiger partial charge is 0.253 e. The zero-order valence-corrected chi connectivity index (χ0v) is 14.1. The zero-order valence-electron chi connectivity index (χ0n) is 14.1. The molecular weight excluding hydrogens is 320 g/mol. The molecule has 3 rings (SSSR count). The van der Waals surface area contributed by atoms with Crippen molar-refractivity contribution >= 4 is 0 Å². The first-order chi connectivity index (χ1) is 12.2. The van der Waals surface area contributed by atoms with Gasteiger partial charge in [-0.2, -0.15) is 0 Å². The summed E-state index contributed by atoms with van der Waals surface area (Å²) < 4.78 is 11.2. The van der Waals surface area contributed by atoms with Crippen molar-refractivity contribution in [2.45, 2.75) is 13.5 Å². The lowest BCUT2D eigenvalue weighted by Crippen LogP contribution is -2.26. The Balaban J connectivity index is 1.88. The highest BCUT2D eigenvalue weighted by Gasteiger charge is 2.22. The Bertz CT molecular complexity index is 826. The van der Waals surface area contributed by atoms with Crippen LogP contribution in [0.15, 0.2) is 51.9 Å². The lowest BCUT2D eigenvalue weighted by molar-refractivity contribution is 0.192. The zero-order chi connectivity index (χ0) is 17.6. The summed E-state index contributed by atoms with van der Waals surface area (Å²) in [7, 11) is 0. The molecular formula is C18H20N4O3. The molecule has 0 fully saturated rings. The van der Waals surface area contributed by atoms with Crippen LogP contribution in [0.25, 0.3) is 22.7 Å². The minimum atomic E-state index is 0.0533. The molecule has 0 unspecified atom stereocenters. The number of aromatic nitrogens is 3. The monoisotopic (exact) mass is 340 g/mol. The highest BCUT2D eigenvalue weighted by Crippen LogP contribution is 2.33. The van der Waals surface area contributed by atoms with Crippen LogP contribution in [-0.4, -0.2) is 45.1 Å². The number of aliphatic hydroxyl groups excluding tert-OH is 1. The molecule has 0 saturated carbocycles. The van der Waals surface area contributed by atoms with Crippen molar-refractivity contribution < 1.29 is 14.0 Å². The molecule has 1 N–H and O–H groups in total. The first-order valence-corrected chi connectivity index (χ1v) is 8.01. The topological polar surface area (TPSA) is 88.4 Å². The minimum absolute atomic E-state index is 0.0533. The van der Waals surface area contributed by atoms with E-state index in [2.05, 4.69) is 21.9 Å². The van der Waals surface area contributed by atoms with Gasteiger partial charge in [-0.3, -0.25) is 4.90 Å². The van der Waals surface area contributed by atoms with Crippen LogP contribution in [0.4, 0.5) is 0 Å². The fourth-order valence-corrected chi connectivity index (χ4v) is 2.59. The van der Waals surface area contributed by atoms with Gasteiger partial charge in [-0.1, -0.05) is 41.6 Å². The van der Waals surface area contributed by atoms with E-state index in [9.17, 15) is 0 Å². The quantitative estimate of drug-likeness (QED) is 0.631. The number of hydrogen-bond acceptors (Lipinski definition) is 7. The third-order valence-electron chi connectivity index (χ3n) is 3.75. The van der Waals surface area contributed by atoms with Gasteiger partial charge < -0.3 is 14.0 Å². The van der Waals surface area contributed by atoms with Gasteiger partial charge in [-0.25, -0.2) is 0 Å². The normalized spacial score (nSPS) is 11.2. The standard InChI is InChI=1S/C18H20N4O3/c1-3-9-22(10-11-23)12-15-19-20-18(24-15)16-13(2)25-21-17(16)14-7-5-4-6-8-14/h3-8,23H,1,9-12H2,2H3. The van der Waals surface area contributed by atoms with Gasteiger partial charge in [0.05, 0.1) is 13.2 Å². The van der Waals surface area contributed by atoms with Crippen LogP contribution < -0.4 is 0 Å². The van der Waals surface area contributed by atoms with Crippen molar-refractivity contribution in [1.82, 2.24) is 20.3 Å². The van der Waals surface area contributed by atoms with Crippen LogP contribution in [0.2, 0.25) is 0 Å². The average molecular weight is 340 g/mol. The van der Waals surface area contributed by atoms with E-state index in [4.69, 9.17) is 14.0 Å². The molecule has 0 atom stereocenters. The third kappa shape index (κ3) is 3.84. The summed E-state index contributed by atoms with van der Waals surface area (Å²) in [5.41, 5.74) is 2.29. The largest absolute Gasteiger partial charge is 0.419 e. The molecule has 1 aromatic carbocycles. The summed E-state index contributed by atoms with van der Waals surface area (Å²) in [6.07, 6.45) is 1.77. The number of aryl methyl sites for hydroxylation is 1. The van der Waals surface area contributed by atoms with E-state index in [1.807, 2.05) is 42.2 Å². The molecule has 0 aliphatic carbocycles. The SMILES string of the molecule is C=CCN(CCO)Cc1nnc(-c2c(-c3ccccc3)noc2C)o1. The number of hydrogen-bond donors (Lipinski definition) is 1. The van der Waals surface area contributed by atoms with Crippen molar-refractivity contribution in [2.24, 2.45) is 0 Å². The molecule has 7 heteroatoms. The molecule has 25 heavy (non-hydrogen) atoms. The van der Waals surface area contributed by atoms with E-state index in [-0.39, 0.29) is 6.61 Å². The van der Waals surface area contributed by atoms with Crippen LogP contribution in [-0.2, 0) is 6.54 Å². The first kappa shape index (κ1) is 17.1. The Hall–Kier alpha value is -2.77. The summed E-state index contributed by atoms with van der Waals surface area (Å²) in [6.45, 7) is 7.15. The minimum Gasteiger partial charge on any atom is -0.419 e. The second-order valence-electron chi connectivity index (χ2n) is 5.58. The van der Waals surface area contributed by atoms with Gasteiger partial charge in [0, 0.05) is 18.7 Å². The van der Waals surface area contributed by atoms with Gasteiger partial charge in [0.25, 0.3) is 5.89 Å². The predicted octanol–water partition coefficient (Wildman–Crippen LogP) is 2.68. The average Bonchev–Trinajstić information content (AvgIpc) is 3.22. The summed E-state index contributed by atoms with van der Waals surface area (Å²) in [4.78, 5) is 1.96. The highest BCUT2D eigenvalue weighted by molar-refractivity contribution is 5.77. The van der Waals surface area contributed by atoms with E-state index < -0.39 is 0 Å². The molecule has 0 spiro atoms. The summed E-state index contributed by atoms with van der Waals surface area (Å²) in [6, 6.07) is 9.71. The highest BCUT2D eigenvalue weighted by atomic mass is 16.5. The van der Waals surface area contributed by atoms with Crippen molar-refractivity contribution in [3.63, 3.8) is 0 Å². The number of nitrogens with zero attached hydrogens (tertiary/aromatic N) is 4. The van der Waals surface area contributed by atoms with E-state index in [1.165, 1.54) is 0 Å². The van der Waals surface area contributed by atoms with Gasteiger partial charge in [-0.15, -0.1) is 16.8 Å². The number of aliphatic hydroxyl groups is 1.